The highest BCUT2D eigenvalue weighted by Gasteiger charge is 2.12. The molecule has 0 N–H and O–H groups in total. The Kier molecular flexibility index (Phi) is 4.03. The normalized spacial score (nSPS) is 10.4. The Balaban J connectivity index is 3.37. The summed E-state index contributed by atoms with van der Waals surface area (Å²) in [7, 11) is 4.86. The van der Waals surface area contributed by atoms with Gasteiger partial charge in [-0.3, -0.25) is 0 Å². The summed E-state index contributed by atoms with van der Waals surface area (Å²) < 4.78 is 15.8. The van der Waals surface area contributed by atoms with Crippen LogP contribution in [0.5, 0.6) is 17.2 Å². The lowest BCUT2D eigenvalue weighted by Crippen LogP contribution is -1.96. The maximum absolute atomic E-state index is 5.31. The Labute approximate surface area is 90.3 Å². The summed E-state index contributed by atoms with van der Waals surface area (Å²) in [6, 6.07) is 3.68. The molecule has 0 atom stereocenters. The summed E-state index contributed by atoms with van der Waals surface area (Å²) in [5, 5.41) is 0. The van der Waals surface area contributed by atoms with Crippen molar-refractivity contribution < 1.29 is 14.2 Å². The molecule has 0 aliphatic heterocycles. The van der Waals surface area contributed by atoms with E-state index in [-0.39, 0.29) is 0 Å². The molecular formula is C12H16O3. The van der Waals surface area contributed by atoms with Crippen LogP contribution in [-0.2, 0) is 0 Å². The maximum atomic E-state index is 5.31. The largest absolute Gasteiger partial charge is 0.496 e. The highest BCUT2D eigenvalue weighted by molar-refractivity contribution is 5.68. The third kappa shape index (κ3) is 2.24. The second-order valence-electron chi connectivity index (χ2n) is 2.92. The van der Waals surface area contributed by atoms with Crippen molar-refractivity contribution in [1.82, 2.24) is 0 Å². The van der Waals surface area contributed by atoms with Crippen molar-refractivity contribution in [2.45, 2.75) is 6.92 Å². The van der Waals surface area contributed by atoms with Crippen molar-refractivity contribution in [1.29, 1.82) is 0 Å². The molecule has 0 aliphatic rings. The van der Waals surface area contributed by atoms with Crippen LogP contribution in [0.15, 0.2) is 18.2 Å². The first-order valence-electron chi connectivity index (χ1n) is 4.70. The molecule has 1 aromatic rings. The smallest absolute Gasteiger partial charge is 0.171 e. The number of methoxy groups -OCH3 is 3. The molecule has 0 radical (unpaired) electrons. The van der Waals surface area contributed by atoms with Gasteiger partial charge in [-0.2, -0.15) is 0 Å². The van der Waals surface area contributed by atoms with Crippen LogP contribution in [0.25, 0.3) is 6.08 Å². The van der Waals surface area contributed by atoms with E-state index in [2.05, 4.69) is 0 Å². The predicted molar refractivity (Wildman–Crippen MR) is 60.8 cm³/mol. The zero-order chi connectivity index (χ0) is 11.3. The monoisotopic (exact) mass is 208 g/mol. The van der Waals surface area contributed by atoms with Crippen molar-refractivity contribution in [3.05, 3.63) is 23.8 Å². The molecule has 0 bridgehead atoms. The molecule has 1 rings (SSSR count). The van der Waals surface area contributed by atoms with Crippen LogP contribution in [0.4, 0.5) is 0 Å². The van der Waals surface area contributed by atoms with E-state index < -0.39 is 0 Å². The second-order valence-corrected chi connectivity index (χ2v) is 2.92. The zero-order valence-electron chi connectivity index (χ0n) is 9.53. The number of ether oxygens (including phenoxy) is 3. The lowest BCUT2D eigenvalue weighted by Gasteiger charge is -2.13. The van der Waals surface area contributed by atoms with Gasteiger partial charge in [-0.15, -0.1) is 0 Å². The Morgan fingerprint density at radius 3 is 2.00 bits per heavy atom. The molecule has 82 valence electrons. The SMILES string of the molecule is C/C=C/c1c(OC)ccc(OC)c1OC. The van der Waals surface area contributed by atoms with Crippen molar-refractivity contribution in [2.24, 2.45) is 0 Å². The van der Waals surface area contributed by atoms with E-state index in [1.807, 2.05) is 31.2 Å². The summed E-state index contributed by atoms with van der Waals surface area (Å²) in [5.41, 5.74) is 0.891. The minimum atomic E-state index is 0.690. The van der Waals surface area contributed by atoms with E-state index in [1.54, 1.807) is 21.3 Å². The van der Waals surface area contributed by atoms with E-state index in [0.29, 0.717) is 11.5 Å². The number of hydrogen-bond acceptors (Lipinski definition) is 3. The number of hydrogen-bond donors (Lipinski definition) is 0. The van der Waals surface area contributed by atoms with Crippen molar-refractivity contribution in [3.63, 3.8) is 0 Å². The molecule has 0 amide bonds. The summed E-state index contributed by atoms with van der Waals surface area (Å²) in [5.74, 6) is 2.16. The molecule has 0 aliphatic carbocycles. The van der Waals surface area contributed by atoms with Crippen LogP contribution >= 0.6 is 0 Å². The fraction of sp³-hybridized carbons (Fsp3) is 0.333. The summed E-state index contributed by atoms with van der Waals surface area (Å²) in [6.45, 7) is 1.94. The fourth-order valence-corrected chi connectivity index (χ4v) is 1.44. The first kappa shape index (κ1) is 11.4. The topological polar surface area (TPSA) is 27.7 Å². The highest BCUT2D eigenvalue weighted by Crippen LogP contribution is 2.38. The van der Waals surface area contributed by atoms with Crippen LogP contribution in [-0.4, -0.2) is 21.3 Å². The number of rotatable bonds is 4. The lowest BCUT2D eigenvalue weighted by atomic mass is 10.1. The standard InChI is InChI=1S/C12H16O3/c1-5-6-9-10(13-2)7-8-11(14-3)12(9)15-4/h5-8H,1-4H3/b6-5+. The van der Waals surface area contributed by atoms with Gasteiger partial charge in [0, 0.05) is 0 Å². The van der Waals surface area contributed by atoms with Gasteiger partial charge in [0.2, 0.25) is 0 Å². The van der Waals surface area contributed by atoms with Crippen LogP contribution in [0.1, 0.15) is 12.5 Å². The van der Waals surface area contributed by atoms with E-state index in [4.69, 9.17) is 14.2 Å². The molecule has 0 fully saturated rings. The van der Waals surface area contributed by atoms with Gasteiger partial charge in [0.05, 0.1) is 26.9 Å². The quantitative estimate of drug-likeness (QED) is 0.761. The van der Waals surface area contributed by atoms with Crippen LogP contribution in [0.2, 0.25) is 0 Å². The molecule has 0 unspecified atom stereocenters. The molecule has 3 heteroatoms. The van der Waals surface area contributed by atoms with E-state index in [0.717, 1.165) is 11.3 Å². The van der Waals surface area contributed by atoms with Crippen molar-refractivity contribution in [3.8, 4) is 17.2 Å². The van der Waals surface area contributed by atoms with E-state index in [1.165, 1.54) is 0 Å². The molecular weight excluding hydrogens is 192 g/mol. The molecule has 0 aromatic heterocycles. The Morgan fingerprint density at radius 1 is 0.933 bits per heavy atom. The third-order valence-electron chi connectivity index (χ3n) is 2.10. The summed E-state index contributed by atoms with van der Waals surface area (Å²) in [4.78, 5) is 0. The fourth-order valence-electron chi connectivity index (χ4n) is 1.44. The first-order chi connectivity index (χ1) is 7.28. The molecule has 0 saturated heterocycles. The number of allylic oxidation sites excluding steroid dienone is 1. The average Bonchev–Trinajstić information content (AvgIpc) is 2.28. The second kappa shape index (κ2) is 5.29. The van der Waals surface area contributed by atoms with Gasteiger partial charge < -0.3 is 14.2 Å². The predicted octanol–water partition coefficient (Wildman–Crippen LogP) is 2.75. The average molecular weight is 208 g/mol. The summed E-state index contributed by atoms with van der Waals surface area (Å²) in [6.07, 6.45) is 3.86. The first-order valence-corrected chi connectivity index (χ1v) is 4.70. The van der Waals surface area contributed by atoms with Gasteiger partial charge in [-0.1, -0.05) is 12.2 Å². The molecule has 1 aromatic carbocycles. The van der Waals surface area contributed by atoms with Gasteiger partial charge >= 0.3 is 0 Å². The molecule has 3 nitrogen and oxygen atoms in total. The van der Waals surface area contributed by atoms with E-state index in [9.17, 15) is 0 Å². The van der Waals surface area contributed by atoms with Crippen molar-refractivity contribution in [2.75, 3.05) is 21.3 Å². The Hall–Kier alpha value is -1.64. The zero-order valence-corrected chi connectivity index (χ0v) is 9.53. The van der Waals surface area contributed by atoms with Gasteiger partial charge in [0.25, 0.3) is 0 Å². The third-order valence-corrected chi connectivity index (χ3v) is 2.10. The van der Waals surface area contributed by atoms with Crippen molar-refractivity contribution >= 4 is 6.08 Å². The Bertz CT molecular complexity index is 356. The minimum Gasteiger partial charge on any atom is -0.496 e. The van der Waals surface area contributed by atoms with Gasteiger partial charge in [0.1, 0.15) is 5.75 Å². The summed E-state index contributed by atoms with van der Waals surface area (Å²) >= 11 is 0. The molecule has 0 heterocycles. The van der Waals surface area contributed by atoms with E-state index >= 15 is 0 Å². The molecule has 0 spiro atoms. The lowest BCUT2D eigenvalue weighted by molar-refractivity contribution is 0.348. The van der Waals surface area contributed by atoms with Gasteiger partial charge in [0.15, 0.2) is 11.5 Å². The maximum Gasteiger partial charge on any atom is 0.171 e. The van der Waals surface area contributed by atoms with Gasteiger partial charge in [-0.25, -0.2) is 0 Å². The molecule has 15 heavy (non-hydrogen) atoms. The molecule has 0 saturated carbocycles. The van der Waals surface area contributed by atoms with Crippen LogP contribution in [0, 0.1) is 0 Å². The van der Waals surface area contributed by atoms with Crippen LogP contribution < -0.4 is 14.2 Å². The van der Waals surface area contributed by atoms with Gasteiger partial charge in [-0.05, 0) is 19.1 Å². The van der Waals surface area contributed by atoms with Crippen LogP contribution in [0.3, 0.4) is 0 Å². The highest BCUT2D eigenvalue weighted by atomic mass is 16.5. The number of benzene rings is 1. The minimum absolute atomic E-state index is 0.690. The Morgan fingerprint density at radius 2 is 1.53 bits per heavy atom.